The van der Waals surface area contributed by atoms with Gasteiger partial charge in [0.15, 0.2) is 12.1 Å². The Labute approximate surface area is 148 Å². The van der Waals surface area contributed by atoms with E-state index >= 15 is 0 Å². The summed E-state index contributed by atoms with van der Waals surface area (Å²) >= 11 is 0. The first-order valence-corrected chi connectivity index (χ1v) is 8.51. The van der Waals surface area contributed by atoms with Crippen LogP contribution in [0.2, 0.25) is 0 Å². The fourth-order valence-electron chi connectivity index (χ4n) is 2.69. The number of aldehydes is 1. The molecule has 5 nitrogen and oxygen atoms in total. The molecular weight excluding hydrogens is 318 g/mol. The van der Waals surface area contributed by atoms with Crippen LogP contribution in [0, 0.1) is 0 Å². The van der Waals surface area contributed by atoms with Gasteiger partial charge in [-0.15, -0.1) is 0 Å². The molecule has 2 aromatic carbocycles. The van der Waals surface area contributed by atoms with E-state index in [2.05, 4.69) is 4.90 Å². The van der Waals surface area contributed by atoms with Crippen molar-refractivity contribution in [3.63, 3.8) is 0 Å². The average Bonchev–Trinajstić information content (AvgIpc) is 2.59. The molecule has 0 bridgehead atoms. The number of unbranched alkanes of at least 4 members (excludes halogenated alkanes) is 2. The van der Waals surface area contributed by atoms with E-state index in [0.29, 0.717) is 23.8 Å². The Morgan fingerprint density at radius 2 is 1.92 bits per heavy atom. The van der Waals surface area contributed by atoms with Crippen molar-refractivity contribution in [3.8, 4) is 11.5 Å². The highest BCUT2D eigenvalue weighted by Crippen LogP contribution is 2.28. The molecule has 0 aliphatic heterocycles. The van der Waals surface area contributed by atoms with E-state index in [9.17, 15) is 14.7 Å². The van der Waals surface area contributed by atoms with Crippen LogP contribution < -0.4 is 4.74 Å². The van der Waals surface area contributed by atoms with Gasteiger partial charge in [0.2, 0.25) is 0 Å². The average molecular weight is 343 g/mol. The van der Waals surface area contributed by atoms with Crippen molar-refractivity contribution in [2.45, 2.75) is 25.7 Å². The maximum atomic E-state index is 11.9. The third-order valence-corrected chi connectivity index (χ3v) is 4.09. The highest BCUT2D eigenvalue weighted by molar-refractivity contribution is 6.01. The van der Waals surface area contributed by atoms with E-state index in [1.54, 1.807) is 18.2 Å². The van der Waals surface area contributed by atoms with Crippen LogP contribution >= 0.6 is 0 Å². The zero-order chi connectivity index (χ0) is 18.2. The Morgan fingerprint density at radius 3 is 2.64 bits per heavy atom. The zero-order valence-corrected chi connectivity index (χ0v) is 14.8. The summed E-state index contributed by atoms with van der Waals surface area (Å²) in [5.74, 6) is 0.520. The van der Waals surface area contributed by atoms with Crippen LogP contribution in [0.25, 0.3) is 10.8 Å². The second-order valence-electron chi connectivity index (χ2n) is 6.44. The summed E-state index contributed by atoms with van der Waals surface area (Å²) in [4.78, 5) is 25.2. The predicted octanol–water partition coefficient (Wildman–Crippen LogP) is 3.43. The van der Waals surface area contributed by atoms with Crippen molar-refractivity contribution in [2.24, 2.45) is 0 Å². The summed E-state index contributed by atoms with van der Waals surface area (Å²) in [6.45, 7) is 1.06. The van der Waals surface area contributed by atoms with Crippen molar-refractivity contribution in [1.82, 2.24) is 4.90 Å². The molecule has 0 fully saturated rings. The predicted molar refractivity (Wildman–Crippen MR) is 98.5 cm³/mol. The Hall–Kier alpha value is -2.40. The van der Waals surface area contributed by atoms with Gasteiger partial charge in [-0.25, -0.2) is 0 Å². The molecule has 0 saturated heterocycles. The number of rotatable bonds is 10. The van der Waals surface area contributed by atoms with Crippen LogP contribution in [0.4, 0.5) is 0 Å². The maximum Gasteiger partial charge on any atom is 0.170 e. The highest BCUT2D eigenvalue weighted by atomic mass is 16.5. The molecule has 5 heteroatoms. The molecule has 0 unspecified atom stereocenters. The first kappa shape index (κ1) is 18.9. The molecule has 2 aromatic rings. The summed E-state index contributed by atoms with van der Waals surface area (Å²) in [6, 6.07) is 8.48. The molecule has 0 aromatic heterocycles. The Kier molecular flexibility index (Phi) is 6.95. The van der Waals surface area contributed by atoms with E-state index in [0.717, 1.165) is 31.2 Å². The van der Waals surface area contributed by atoms with E-state index < -0.39 is 0 Å². The van der Waals surface area contributed by atoms with Gasteiger partial charge in [0.05, 0.1) is 5.56 Å². The first-order valence-electron chi connectivity index (χ1n) is 8.51. The van der Waals surface area contributed by atoms with Gasteiger partial charge in [-0.05, 0) is 62.5 Å². The van der Waals surface area contributed by atoms with Gasteiger partial charge < -0.3 is 14.7 Å². The van der Waals surface area contributed by atoms with Gasteiger partial charge in [-0.1, -0.05) is 18.6 Å². The fraction of sp³-hybridized carbons (Fsp3) is 0.400. The number of fused-ring (bicyclic) bond motifs is 1. The third-order valence-electron chi connectivity index (χ3n) is 4.09. The molecule has 0 heterocycles. The van der Waals surface area contributed by atoms with Gasteiger partial charge in [-0.2, -0.15) is 0 Å². The Bertz CT molecular complexity index is 740. The second kappa shape index (κ2) is 9.18. The number of hydrogen-bond acceptors (Lipinski definition) is 5. The lowest BCUT2D eigenvalue weighted by molar-refractivity contribution is -0.121. The van der Waals surface area contributed by atoms with E-state index in [1.807, 2.05) is 20.2 Å². The molecule has 0 amide bonds. The number of hydrogen-bond donors (Lipinski definition) is 1. The lowest BCUT2D eigenvalue weighted by atomic mass is 10.0. The number of phenolic OH excluding ortho intramolecular Hbond substituents is 1. The normalized spacial score (nSPS) is 11.0. The van der Waals surface area contributed by atoms with Crippen LogP contribution in [0.3, 0.4) is 0 Å². The van der Waals surface area contributed by atoms with E-state index in [4.69, 9.17) is 4.74 Å². The molecule has 0 atom stereocenters. The number of ketones is 1. The standard InChI is InChI=1S/C20H25NO4/c1-21(2)11-5-3-4-6-16(23)14-25-17-9-7-15-8-10-20(24)19(13-22)18(15)12-17/h7-10,12-13,24H,3-6,11,14H2,1-2H3. The summed E-state index contributed by atoms with van der Waals surface area (Å²) < 4.78 is 5.56. The topological polar surface area (TPSA) is 66.8 Å². The minimum atomic E-state index is -0.0616. The number of carbonyl (C=O) groups excluding carboxylic acids is 2. The summed E-state index contributed by atoms with van der Waals surface area (Å²) in [7, 11) is 4.08. The van der Waals surface area contributed by atoms with Crippen LogP contribution in [-0.4, -0.2) is 49.3 Å². The molecular formula is C20H25NO4. The van der Waals surface area contributed by atoms with Crippen molar-refractivity contribution >= 4 is 22.8 Å². The van der Waals surface area contributed by atoms with Crippen LogP contribution in [0.1, 0.15) is 36.0 Å². The van der Waals surface area contributed by atoms with Gasteiger partial charge >= 0.3 is 0 Å². The largest absolute Gasteiger partial charge is 0.507 e. The lowest BCUT2D eigenvalue weighted by Gasteiger charge is -2.09. The number of carbonyl (C=O) groups is 2. The van der Waals surface area contributed by atoms with Crippen LogP contribution in [0.5, 0.6) is 11.5 Å². The Morgan fingerprint density at radius 1 is 1.16 bits per heavy atom. The summed E-state index contributed by atoms with van der Waals surface area (Å²) in [5, 5.41) is 11.2. The quantitative estimate of drug-likeness (QED) is 0.529. The number of ether oxygens (including phenoxy) is 1. The highest BCUT2D eigenvalue weighted by Gasteiger charge is 2.09. The third kappa shape index (κ3) is 5.57. The van der Waals surface area contributed by atoms with Crippen molar-refractivity contribution < 1.29 is 19.4 Å². The molecule has 0 spiro atoms. The smallest absolute Gasteiger partial charge is 0.170 e. The van der Waals surface area contributed by atoms with Crippen LogP contribution in [-0.2, 0) is 4.79 Å². The number of benzene rings is 2. The number of phenols is 1. The van der Waals surface area contributed by atoms with Gasteiger partial charge in [-0.3, -0.25) is 9.59 Å². The minimum absolute atomic E-state index is 0.0222. The maximum absolute atomic E-state index is 11.9. The lowest BCUT2D eigenvalue weighted by Crippen LogP contribution is -2.13. The molecule has 1 N–H and O–H groups in total. The minimum Gasteiger partial charge on any atom is -0.507 e. The molecule has 0 saturated carbocycles. The zero-order valence-electron chi connectivity index (χ0n) is 14.8. The molecule has 2 rings (SSSR count). The van der Waals surface area contributed by atoms with Gasteiger partial charge in [0, 0.05) is 6.42 Å². The van der Waals surface area contributed by atoms with E-state index in [1.165, 1.54) is 6.07 Å². The number of nitrogens with zero attached hydrogens (tertiary/aromatic N) is 1. The number of aromatic hydroxyl groups is 1. The van der Waals surface area contributed by atoms with E-state index in [-0.39, 0.29) is 23.7 Å². The summed E-state index contributed by atoms with van der Waals surface area (Å²) in [5.41, 5.74) is 0.232. The monoisotopic (exact) mass is 343 g/mol. The Balaban J connectivity index is 1.88. The van der Waals surface area contributed by atoms with Crippen molar-refractivity contribution in [1.29, 1.82) is 0 Å². The van der Waals surface area contributed by atoms with Crippen molar-refractivity contribution in [3.05, 3.63) is 35.9 Å². The second-order valence-corrected chi connectivity index (χ2v) is 6.44. The van der Waals surface area contributed by atoms with Crippen molar-refractivity contribution in [2.75, 3.05) is 27.2 Å². The molecule has 0 aliphatic carbocycles. The molecule has 25 heavy (non-hydrogen) atoms. The van der Waals surface area contributed by atoms with Crippen LogP contribution in [0.15, 0.2) is 30.3 Å². The summed E-state index contributed by atoms with van der Waals surface area (Å²) in [6.07, 6.45) is 4.13. The van der Waals surface area contributed by atoms with Gasteiger partial charge in [0.25, 0.3) is 0 Å². The fourth-order valence-corrected chi connectivity index (χ4v) is 2.69. The number of Topliss-reactive ketones (excluding diaryl/α,β-unsaturated/α-hetero) is 1. The van der Waals surface area contributed by atoms with Gasteiger partial charge in [0.1, 0.15) is 18.1 Å². The molecule has 0 aliphatic rings. The molecule has 0 radical (unpaired) electrons. The SMILES string of the molecule is CN(C)CCCCCC(=O)COc1ccc2ccc(O)c(C=O)c2c1. The molecule has 134 valence electrons. The first-order chi connectivity index (χ1) is 12.0.